The lowest BCUT2D eigenvalue weighted by molar-refractivity contribution is 0.103. The van der Waals surface area contributed by atoms with Gasteiger partial charge in [-0.05, 0) is 18.1 Å². The molecule has 0 saturated heterocycles. The van der Waals surface area contributed by atoms with Crippen LogP contribution in [-0.4, -0.2) is 10.9 Å². The number of nitrogens with zero attached hydrogens (tertiary/aromatic N) is 1. The molecule has 0 aliphatic carbocycles. The number of anilines is 2. The SMILES string of the molecule is CCCc1cccc(Cl)c1NC(=O)c1cnc(N)s1. The molecule has 0 unspecified atom stereocenters. The summed E-state index contributed by atoms with van der Waals surface area (Å²) >= 11 is 7.30. The van der Waals surface area contributed by atoms with Gasteiger partial charge in [-0.25, -0.2) is 4.98 Å². The van der Waals surface area contributed by atoms with Gasteiger partial charge in [0.2, 0.25) is 0 Å². The molecule has 3 N–H and O–H groups in total. The van der Waals surface area contributed by atoms with E-state index in [4.69, 9.17) is 17.3 Å². The van der Waals surface area contributed by atoms with Gasteiger partial charge in [-0.2, -0.15) is 0 Å². The molecular formula is C13H14ClN3OS. The lowest BCUT2D eigenvalue weighted by Gasteiger charge is -2.11. The van der Waals surface area contributed by atoms with E-state index in [-0.39, 0.29) is 5.91 Å². The summed E-state index contributed by atoms with van der Waals surface area (Å²) in [6, 6.07) is 5.61. The van der Waals surface area contributed by atoms with Crippen molar-refractivity contribution in [3.8, 4) is 0 Å². The number of rotatable bonds is 4. The normalized spacial score (nSPS) is 10.4. The van der Waals surface area contributed by atoms with Crippen LogP contribution in [0.2, 0.25) is 5.02 Å². The van der Waals surface area contributed by atoms with Crippen molar-refractivity contribution in [2.24, 2.45) is 0 Å². The molecular weight excluding hydrogens is 282 g/mol. The van der Waals surface area contributed by atoms with Crippen molar-refractivity contribution < 1.29 is 4.79 Å². The Bertz CT molecular complexity index is 597. The first kappa shape index (κ1) is 13.8. The molecule has 0 aliphatic rings. The van der Waals surface area contributed by atoms with Gasteiger partial charge in [0.15, 0.2) is 5.13 Å². The highest BCUT2D eigenvalue weighted by molar-refractivity contribution is 7.17. The van der Waals surface area contributed by atoms with Crippen LogP contribution in [0.5, 0.6) is 0 Å². The number of halogens is 1. The Morgan fingerprint density at radius 2 is 2.32 bits per heavy atom. The molecule has 0 saturated carbocycles. The molecule has 1 aromatic carbocycles. The summed E-state index contributed by atoms with van der Waals surface area (Å²) in [5.41, 5.74) is 7.22. The largest absolute Gasteiger partial charge is 0.375 e. The smallest absolute Gasteiger partial charge is 0.267 e. The minimum atomic E-state index is -0.236. The van der Waals surface area contributed by atoms with E-state index in [1.54, 1.807) is 6.07 Å². The third-order valence-corrected chi connectivity index (χ3v) is 3.75. The number of hydrogen-bond donors (Lipinski definition) is 2. The minimum Gasteiger partial charge on any atom is -0.375 e. The molecule has 0 bridgehead atoms. The van der Waals surface area contributed by atoms with E-state index in [2.05, 4.69) is 17.2 Å². The molecule has 100 valence electrons. The van der Waals surface area contributed by atoms with E-state index >= 15 is 0 Å². The van der Waals surface area contributed by atoms with Gasteiger partial charge in [-0.3, -0.25) is 4.79 Å². The maximum atomic E-state index is 12.1. The molecule has 4 nitrogen and oxygen atoms in total. The molecule has 0 spiro atoms. The Kier molecular flexibility index (Phi) is 4.39. The molecule has 2 aromatic rings. The number of carbonyl (C=O) groups excluding carboxylic acids is 1. The predicted molar refractivity (Wildman–Crippen MR) is 79.9 cm³/mol. The number of nitrogens with one attached hydrogen (secondary N) is 1. The first-order valence-electron chi connectivity index (χ1n) is 5.92. The van der Waals surface area contributed by atoms with Crippen molar-refractivity contribution in [2.45, 2.75) is 19.8 Å². The summed E-state index contributed by atoms with van der Waals surface area (Å²) in [7, 11) is 0. The number of nitrogens with two attached hydrogens (primary N) is 1. The number of benzene rings is 1. The van der Waals surface area contributed by atoms with Crippen LogP contribution in [0.15, 0.2) is 24.4 Å². The number of para-hydroxylation sites is 1. The second-order valence-corrected chi connectivity index (χ2v) is 5.51. The Hall–Kier alpha value is -1.59. The number of aryl methyl sites for hydroxylation is 1. The fourth-order valence-electron chi connectivity index (χ4n) is 1.75. The topological polar surface area (TPSA) is 68.0 Å². The van der Waals surface area contributed by atoms with E-state index in [0.717, 1.165) is 29.7 Å². The van der Waals surface area contributed by atoms with Crippen LogP contribution < -0.4 is 11.1 Å². The third-order valence-electron chi connectivity index (χ3n) is 2.61. The summed E-state index contributed by atoms with van der Waals surface area (Å²) in [5.74, 6) is -0.236. The summed E-state index contributed by atoms with van der Waals surface area (Å²) in [6.07, 6.45) is 3.31. The number of thiazole rings is 1. The average Bonchev–Trinajstić information content (AvgIpc) is 2.80. The minimum absolute atomic E-state index is 0.236. The van der Waals surface area contributed by atoms with Crippen molar-refractivity contribution in [2.75, 3.05) is 11.1 Å². The van der Waals surface area contributed by atoms with E-state index in [1.165, 1.54) is 6.20 Å². The molecule has 1 aromatic heterocycles. The van der Waals surface area contributed by atoms with Crippen molar-refractivity contribution >= 4 is 39.7 Å². The van der Waals surface area contributed by atoms with E-state index in [0.29, 0.717) is 20.7 Å². The summed E-state index contributed by atoms with van der Waals surface area (Å²) in [5, 5.41) is 3.75. The number of aromatic nitrogens is 1. The number of carbonyl (C=O) groups is 1. The maximum Gasteiger partial charge on any atom is 0.267 e. The lowest BCUT2D eigenvalue weighted by Crippen LogP contribution is -2.12. The predicted octanol–water partition coefficient (Wildman–Crippen LogP) is 3.58. The number of amides is 1. The Morgan fingerprint density at radius 3 is 2.95 bits per heavy atom. The fourth-order valence-corrected chi connectivity index (χ4v) is 2.58. The van der Waals surface area contributed by atoms with E-state index < -0.39 is 0 Å². The Labute approximate surface area is 120 Å². The summed E-state index contributed by atoms with van der Waals surface area (Å²) < 4.78 is 0. The second kappa shape index (κ2) is 6.04. The van der Waals surface area contributed by atoms with Crippen LogP contribution in [-0.2, 0) is 6.42 Å². The van der Waals surface area contributed by atoms with Crippen LogP contribution in [0.25, 0.3) is 0 Å². The fraction of sp³-hybridized carbons (Fsp3) is 0.231. The standard InChI is InChI=1S/C13H14ClN3OS/c1-2-4-8-5-3-6-9(14)11(8)17-12(18)10-7-16-13(15)19-10/h3,5-7H,2,4H2,1H3,(H2,15,16)(H,17,18). The van der Waals surface area contributed by atoms with Crippen molar-refractivity contribution in [3.05, 3.63) is 39.9 Å². The van der Waals surface area contributed by atoms with Gasteiger partial charge in [-0.15, -0.1) is 0 Å². The van der Waals surface area contributed by atoms with Crippen molar-refractivity contribution in [1.82, 2.24) is 4.98 Å². The molecule has 0 fully saturated rings. The van der Waals surface area contributed by atoms with E-state index in [9.17, 15) is 4.79 Å². The molecule has 0 aliphatic heterocycles. The highest BCUT2D eigenvalue weighted by Gasteiger charge is 2.14. The highest BCUT2D eigenvalue weighted by atomic mass is 35.5. The van der Waals surface area contributed by atoms with Gasteiger partial charge in [0.25, 0.3) is 5.91 Å². The molecule has 1 heterocycles. The first-order chi connectivity index (χ1) is 9.11. The monoisotopic (exact) mass is 295 g/mol. The average molecular weight is 296 g/mol. The first-order valence-corrected chi connectivity index (χ1v) is 7.11. The molecule has 6 heteroatoms. The second-order valence-electron chi connectivity index (χ2n) is 4.04. The van der Waals surface area contributed by atoms with Gasteiger partial charge in [0, 0.05) is 0 Å². The Balaban J connectivity index is 2.25. The molecule has 0 radical (unpaired) electrons. The van der Waals surface area contributed by atoms with E-state index in [1.807, 2.05) is 12.1 Å². The van der Waals surface area contributed by atoms with Crippen molar-refractivity contribution in [1.29, 1.82) is 0 Å². The zero-order valence-corrected chi connectivity index (χ0v) is 12.0. The summed E-state index contributed by atoms with van der Waals surface area (Å²) in [6.45, 7) is 2.08. The van der Waals surface area contributed by atoms with Gasteiger partial charge in [0.1, 0.15) is 4.88 Å². The van der Waals surface area contributed by atoms with Crippen LogP contribution >= 0.6 is 22.9 Å². The number of hydrogen-bond acceptors (Lipinski definition) is 4. The maximum absolute atomic E-state index is 12.1. The highest BCUT2D eigenvalue weighted by Crippen LogP contribution is 2.28. The van der Waals surface area contributed by atoms with Gasteiger partial charge >= 0.3 is 0 Å². The van der Waals surface area contributed by atoms with Crippen molar-refractivity contribution in [3.63, 3.8) is 0 Å². The van der Waals surface area contributed by atoms with Crippen LogP contribution in [0.4, 0.5) is 10.8 Å². The molecule has 19 heavy (non-hydrogen) atoms. The van der Waals surface area contributed by atoms with Gasteiger partial charge < -0.3 is 11.1 Å². The summed E-state index contributed by atoms with van der Waals surface area (Å²) in [4.78, 5) is 16.4. The van der Waals surface area contributed by atoms with Gasteiger partial charge in [0.05, 0.1) is 16.9 Å². The van der Waals surface area contributed by atoms with Crippen LogP contribution in [0.3, 0.4) is 0 Å². The lowest BCUT2D eigenvalue weighted by atomic mass is 10.1. The zero-order chi connectivity index (χ0) is 13.8. The quantitative estimate of drug-likeness (QED) is 0.906. The zero-order valence-electron chi connectivity index (χ0n) is 10.4. The third kappa shape index (κ3) is 3.24. The molecule has 2 rings (SSSR count). The number of nitrogen functional groups attached to an aromatic ring is 1. The Morgan fingerprint density at radius 1 is 1.53 bits per heavy atom. The van der Waals surface area contributed by atoms with Gasteiger partial charge in [-0.1, -0.05) is 48.4 Å². The molecule has 1 amide bonds. The molecule has 0 atom stereocenters. The van der Waals surface area contributed by atoms with Crippen LogP contribution in [0, 0.1) is 0 Å². The van der Waals surface area contributed by atoms with Crippen LogP contribution in [0.1, 0.15) is 28.6 Å².